The smallest absolute Gasteiger partial charge is 0.401 e. The summed E-state index contributed by atoms with van der Waals surface area (Å²) < 4.78 is 4.93. The van der Waals surface area contributed by atoms with Crippen LogP contribution in [-0.4, -0.2) is 16.5 Å². The Morgan fingerprint density at radius 3 is 2.33 bits per heavy atom. The Labute approximate surface area is 119 Å². The van der Waals surface area contributed by atoms with Crippen molar-refractivity contribution in [2.24, 2.45) is 0 Å². The summed E-state index contributed by atoms with van der Waals surface area (Å²) in [5, 5.41) is 10.5. The van der Waals surface area contributed by atoms with Crippen molar-refractivity contribution in [1.29, 1.82) is 0 Å². The molecule has 21 heavy (non-hydrogen) atoms. The van der Waals surface area contributed by atoms with Crippen LogP contribution in [0.4, 0.5) is 5.88 Å². The summed E-state index contributed by atoms with van der Waals surface area (Å²) in [4.78, 5) is 33.8. The van der Waals surface area contributed by atoms with Crippen molar-refractivity contribution in [2.45, 2.75) is 6.92 Å². The molecule has 0 aliphatic rings. The predicted octanol–water partition coefficient (Wildman–Crippen LogP) is 3.04. The maximum atomic E-state index is 12.3. The number of rotatable bonds is 5. The first-order valence-electron chi connectivity index (χ1n) is 6.05. The SMILES string of the molecule is CC(=O)C(=Cc1ccc([N+](=O)[O-])o1)C(=O)c1ccccc1. The summed E-state index contributed by atoms with van der Waals surface area (Å²) in [6.45, 7) is 1.25. The molecule has 1 aromatic carbocycles. The van der Waals surface area contributed by atoms with Gasteiger partial charge in [-0.05, 0) is 19.1 Å². The first-order valence-corrected chi connectivity index (χ1v) is 6.05. The molecule has 0 radical (unpaired) electrons. The van der Waals surface area contributed by atoms with E-state index in [4.69, 9.17) is 4.42 Å². The van der Waals surface area contributed by atoms with E-state index in [1.165, 1.54) is 19.1 Å². The van der Waals surface area contributed by atoms with Gasteiger partial charge in [-0.25, -0.2) is 0 Å². The van der Waals surface area contributed by atoms with Gasteiger partial charge in [-0.3, -0.25) is 19.7 Å². The van der Waals surface area contributed by atoms with Crippen LogP contribution >= 0.6 is 0 Å². The summed E-state index contributed by atoms with van der Waals surface area (Å²) in [6, 6.07) is 10.8. The average molecular weight is 285 g/mol. The molecule has 0 saturated carbocycles. The van der Waals surface area contributed by atoms with Gasteiger partial charge in [0.25, 0.3) is 0 Å². The van der Waals surface area contributed by atoms with Crippen LogP contribution in [0, 0.1) is 10.1 Å². The lowest BCUT2D eigenvalue weighted by Gasteiger charge is -2.02. The number of furan rings is 1. The second-order valence-corrected chi connectivity index (χ2v) is 4.24. The Morgan fingerprint density at radius 1 is 1.14 bits per heavy atom. The van der Waals surface area contributed by atoms with Crippen molar-refractivity contribution in [3.05, 3.63) is 69.5 Å². The third-order valence-corrected chi connectivity index (χ3v) is 2.74. The van der Waals surface area contributed by atoms with Gasteiger partial charge in [0.15, 0.2) is 11.6 Å². The molecule has 0 bridgehead atoms. The normalized spacial score (nSPS) is 11.2. The molecule has 2 rings (SSSR count). The van der Waals surface area contributed by atoms with Crippen molar-refractivity contribution in [3.8, 4) is 0 Å². The molecular formula is C15H11NO5. The Hall–Kier alpha value is -3.02. The molecule has 1 aromatic heterocycles. The van der Waals surface area contributed by atoms with Crippen LogP contribution < -0.4 is 0 Å². The van der Waals surface area contributed by atoms with Gasteiger partial charge >= 0.3 is 5.88 Å². The quantitative estimate of drug-likeness (QED) is 0.210. The maximum Gasteiger partial charge on any atom is 0.433 e. The molecule has 2 aromatic rings. The van der Waals surface area contributed by atoms with Crippen LogP contribution in [0.3, 0.4) is 0 Å². The number of hydrogen-bond acceptors (Lipinski definition) is 5. The van der Waals surface area contributed by atoms with Crippen molar-refractivity contribution >= 4 is 23.5 Å². The van der Waals surface area contributed by atoms with Gasteiger partial charge in [0, 0.05) is 5.56 Å². The third-order valence-electron chi connectivity index (χ3n) is 2.74. The highest BCUT2D eigenvalue weighted by atomic mass is 16.6. The van der Waals surface area contributed by atoms with E-state index < -0.39 is 22.4 Å². The van der Waals surface area contributed by atoms with Crippen LogP contribution in [0.15, 0.2) is 52.5 Å². The minimum absolute atomic E-state index is 0.0798. The van der Waals surface area contributed by atoms with Crippen molar-refractivity contribution in [3.63, 3.8) is 0 Å². The largest absolute Gasteiger partial charge is 0.433 e. The first-order chi connectivity index (χ1) is 9.99. The van der Waals surface area contributed by atoms with Gasteiger partial charge in [-0.2, -0.15) is 0 Å². The molecule has 0 amide bonds. The van der Waals surface area contributed by atoms with Crippen LogP contribution in [0.1, 0.15) is 23.0 Å². The molecule has 0 unspecified atom stereocenters. The minimum atomic E-state index is -0.691. The number of nitro groups is 1. The average Bonchev–Trinajstić information content (AvgIpc) is 2.93. The summed E-state index contributed by atoms with van der Waals surface area (Å²) >= 11 is 0. The monoisotopic (exact) mass is 285 g/mol. The lowest BCUT2D eigenvalue weighted by atomic mass is 10.00. The van der Waals surface area contributed by atoms with Gasteiger partial charge in [-0.15, -0.1) is 0 Å². The topological polar surface area (TPSA) is 90.4 Å². The summed E-state index contributed by atoms with van der Waals surface area (Å²) in [6.07, 6.45) is 1.21. The van der Waals surface area contributed by atoms with E-state index >= 15 is 0 Å². The zero-order valence-corrected chi connectivity index (χ0v) is 11.1. The van der Waals surface area contributed by atoms with Gasteiger partial charge in [-0.1, -0.05) is 30.3 Å². The second kappa shape index (κ2) is 5.96. The van der Waals surface area contributed by atoms with Crippen LogP contribution in [0.2, 0.25) is 0 Å². The number of benzene rings is 1. The highest BCUT2D eigenvalue weighted by Gasteiger charge is 2.18. The Kier molecular flexibility index (Phi) is 4.08. The molecule has 0 N–H and O–H groups in total. The van der Waals surface area contributed by atoms with E-state index in [-0.39, 0.29) is 11.3 Å². The zero-order valence-electron chi connectivity index (χ0n) is 11.1. The summed E-state index contributed by atoms with van der Waals surface area (Å²) in [7, 11) is 0. The summed E-state index contributed by atoms with van der Waals surface area (Å²) in [5.74, 6) is -1.27. The van der Waals surface area contributed by atoms with E-state index in [2.05, 4.69) is 0 Å². The predicted molar refractivity (Wildman–Crippen MR) is 74.8 cm³/mol. The van der Waals surface area contributed by atoms with Gasteiger partial charge < -0.3 is 4.42 Å². The lowest BCUT2D eigenvalue weighted by molar-refractivity contribution is -0.402. The van der Waals surface area contributed by atoms with Gasteiger partial charge in [0.1, 0.15) is 10.7 Å². The molecule has 6 heteroatoms. The molecule has 0 atom stereocenters. The summed E-state index contributed by atoms with van der Waals surface area (Å²) in [5.41, 5.74) is 0.269. The molecule has 0 aliphatic carbocycles. The van der Waals surface area contributed by atoms with Crippen molar-refractivity contribution in [2.75, 3.05) is 0 Å². The number of carbonyl (C=O) groups excluding carboxylic acids is 2. The van der Waals surface area contributed by atoms with E-state index in [0.29, 0.717) is 5.56 Å². The highest BCUT2D eigenvalue weighted by molar-refractivity contribution is 6.28. The Balaban J connectivity index is 2.38. The first kappa shape index (κ1) is 14.4. The minimum Gasteiger partial charge on any atom is -0.401 e. The molecule has 6 nitrogen and oxygen atoms in total. The zero-order chi connectivity index (χ0) is 15.4. The highest BCUT2D eigenvalue weighted by Crippen LogP contribution is 2.20. The maximum absolute atomic E-state index is 12.3. The van der Waals surface area contributed by atoms with E-state index in [1.807, 2.05) is 0 Å². The number of nitrogens with zero attached hydrogens (tertiary/aromatic N) is 1. The Bertz CT molecular complexity index is 728. The number of Topliss-reactive ketones (excluding diaryl/α,β-unsaturated/α-hetero) is 2. The van der Waals surface area contributed by atoms with Crippen LogP contribution in [-0.2, 0) is 4.79 Å². The van der Waals surface area contributed by atoms with E-state index in [9.17, 15) is 19.7 Å². The number of carbonyl (C=O) groups is 2. The lowest BCUT2D eigenvalue weighted by Crippen LogP contribution is -2.10. The van der Waals surface area contributed by atoms with Crippen LogP contribution in [0.5, 0.6) is 0 Å². The van der Waals surface area contributed by atoms with Crippen molar-refractivity contribution < 1.29 is 18.9 Å². The van der Waals surface area contributed by atoms with Gasteiger partial charge in [0.2, 0.25) is 0 Å². The molecule has 106 valence electrons. The molecule has 0 fully saturated rings. The molecule has 0 spiro atoms. The van der Waals surface area contributed by atoms with E-state index in [1.54, 1.807) is 30.3 Å². The fourth-order valence-corrected chi connectivity index (χ4v) is 1.73. The van der Waals surface area contributed by atoms with Gasteiger partial charge in [0.05, 0.1) is 11.6 Å². The molecular weight excluding hydrogens is 274 g/mol. The van der Waals surface area contributed by atoms with Crippen molar-refractivity contribution in [1.82, 2.24) is 0 Å². The molecule has 1 heterocycles. The molecule has 0 aliphatic heterocycles. The second-order valence-electron chi connectivity index (χ2n) is 4.24. The van der Waals surface area contributed by atoms with Crippen LogP contribution in [0.25, 0.3) is 6.08 Å². The number of allylic oxidation sites excluding steroid dienone is 1. The Morgan fingerprint density at radius 2 is 1.81 bits per heavy atom. The standard InChI is InChI=1S/C15H11NO5/c1-10(17)13(15(18)11-5-3-2-4-6-11)9-12-7-8-14(21-12)16(19)20/h2-9H,1H3. The third kappa shape index (κ3) is 3.30. The fraction of sp³-hybridized carbons (Fsp3) is 0.0667. The fourth-order valence-electron chi connectivity index (χ4n) is 1.73. The van der Waals surface area contributed by atoms with E-state index in [0.717, 1.165) is 6.07 Å². The molecule has 0 saturated heterocycles. The number of ketones is 2. The number of hydrogen-bond donors (Lipinski definition) is 0.